The van der Waals surface area contributed by atoms with E-state index in [4.69, 9.17) is 16.1 Å². The topological polar surface area (TPSA) is 87.1 Å². The molecule has 0 saturated heterocycles. The van der Waals surface area contributed by atoms with Gasteiger partial charge in [-0.3, -0.25) is 4.79 Å². The highest BCUT2D eigenvalue weighted by atomic mass is 16.4. The molecule has 4 heteroatoms. The molecule has 0 aliphatic rings. The number of aliphatic carboxylic acids is 1. The second kappa shape index (κ2) is 3.85. The van der Waals surface area contributed by atoms with Gasteiger partial charge in [-0.1, -0.05) is 0 Å². The molecule has 0 heterocycles. The molecule has 0 aliphatic heterocycles. The third kappa shape index (κ3) is 3.05. The molecule has 0 aromatic carbocycles. The van der Waals surface area contributed by atoms with Gasteiger partial charge in [0.25, 0.3) is 0 Å². The fourth-order valence-corrected chi connectivity index (χ4v) is 0.534. The monoisotopic (exact) mass is 142 g/mol. The maximum Gasteiger partial charge on any atom is 0.320 e. The van der Waals surface area contributed by atoms with Crippen LogP contribution in [0.25, 0.3) is 0 Å². The van der Waals surface area contributed by atoms with Crippen molar-refractivity contribution in [1.82, 2.24) is 0 Å². The number of nitriles is 1. The van der Waals surface area contributed by atoms with E-state index in [9.17, 15) is 4.79 Å². The second-order valence-electron chi connectivity index (χ2n) is 2.21. The SMILES string of the molecule is C[C@@H](C#N)C[C@@H](N)C(=O)O. The highest BCUT2D eigenvalue weighted by molar-refractivity contribution is 5.73. The maximum atomic E-state index is 10.1. The molecule has 10 heavy (non-hydrogen) atoms. The molecule has 0 fully saturated rings. The van der Waals surface area contributed by atoms with E-state index in [0.29, 0.717) is 0 Å². The molecule has 0 spiro atoms. The molecule has 0 aromatic rings. The Morgan fingerprint density at radius 3 is 2.70 bits per heavy atom. The molecular formula is C6H10N2O2. The Balaban J connectivity index is 3.70. The van der Waals surface area contributed by atoms with E-state index in [0.717, 1.165) is 0 Å². The van der Waals surface area contributed by atoms with Gasteiger partial charge in [0.1, 0.15) is 6.04 Å². The summed E-state index contributed by atoms with van der Waals surface area (Å²) in [7, 11) is 0. The Morgan fingerprint density at radius 1 is 1.90 bits per heavy atom. The second-order valence-corrected chi connectivity index (χ2v) is 2.21. The predicted molar refractivity (Wildman–Crippen MR) is 35.0 cm³/mol. The first-order valence-electron chi connectivity index (χ1n) is 2.96. The zero-order valence-corrected chi connectivity index (χ0v) is 5.74. The number of rotatable bonds is 3. The highest BCUT2D eigenvalue weighted by Crippen LogP contribution is 2.01. The van der Waals surface area contributed by atoms with Gasteiger partial charge in [-0.05, 0) is 13.3 Å². The van der Waals surface area contributed by atoms with Crippen LogP contribution in [0.1, 0.15) is 13.3 Å². The van der Waals surface area contributed by atoms with Crippen molar-refractivity contribution in [3.8, 4) is 6.07 Å². The molecule has 0 radical (unpaired) electrons. The van der Waals surface area contributed by atoms with Crippen molar-refractivity contribution in [2.24, 2.45) is 11.7 Å². The van der Waals surface area contributed by atoms with E-state index in [1.165, 1.54) is 0 Å². The van der Waals surface area contributed by atoms with Crippen molar-refractivity contribution < 1.29 is 9.90 Å². The molecule has 0 aliphatic carbocycles. The van der Waals surface area contributed by atoms with Crippen molar-refractivity contribution in [3.05, 3.63) is 0 Å². The van der Waals surface area contributed by atoms with Gasteiger partial charge in [0.05, 0.1) is 6.07 Å². The summed E-state index contributed by atoms with van der Waals surface area (Å²) < 4.78 is 0. The van der Waals surface area contributed by atoms with Crippen LogP contribution in [0, 0.1) is 17.2 Å². The fourth-order valence-electron chi connectivity index (χ4n) is 0.534. The standard InChI is InChI=1S/C6H10N2O2/c1-4(3-7)2-5(8)6(9)10/h4-5H,2,8H2,1H3,(H,9,10)/t4-,5-/m1/s1. The van der Waals surface area contributed by atoms with Gasteiger partial charge in [0.15, 0.2) is 0 Å². The van der Waals surface area contributed by atoms with Gasteiger partial charge < -0.3 is 10.8 Å². The number of carbonyl (C=O) groups is 1. The van der Waals surface area contributed by atoms with Crippen molar-refractivity contribution in [2.75, 3.05) is 0 Å². The number of carboxylic acid groups (broad SMARTS) is 1. The normalized spacial score (nSPS) is 15.3. The average molecular weight is 142 g/mol. The van der Waals surface area contributed by atoms with Crippen LogP contribution in [0.3, 0.4) is 0 Å². The minimum atomic E-state index is -1.05. The first kappa shape index (κ1) is 8.92. The van der Waals surface area contributed by atoms with Crippen LogP contribution in [-0.2, 0) is 4.79 Å². The van der Waals surface area contributed by atoms with Gasteiger partial charge >= 0.3 is 5.97 Å². The lowest BCUT2D eigenvalue weighted by molar-refractivity contribution is -0.138. The summed E-state index contributed by atoms with van der Waals surface area (Å²) >= 11 is 0. The number of nitrogens with two attached hydrogens (primary N) is 1. The van der Waals surface area contributed by atoms with Gasteiger partial charge in [0.2, 0.25) is 0 Å². The smallest absolute Gasteiger partial charge is 0.320 e. The van der Waals surface area contributed by atoms with Crippen LogP contribution in [0.15, 0.2) is 0 Å². The van der Waals surface area contributed by atoms with Crippen molar-refractivity contribution in [1.29, 1.82) is 5.26 Å². The largest absolute Gasteiger partial charge is 0.480 e. The third-order valence-electron chi connectivity index (χ3n) is 1.15. The van der Waals surface area contributed by atoms with Crippen LogP contribution < -0.4 is 5.73 Å². The summed E-state index contributed by atoms with van der Waals surface area (Å²) in [6.45, 7) is 1.64. The summed E-state index contributed by atoms with van der Waals surface area (Å²) in [5.74, 6) is -1.34. The van der Waals surface area contributed by atoms with Gasteiger partial charge in [0, 0.05) is 5.92 Å². The molecule has 0 aromatic heterocycles. The first-order chi connectivity index (χ1) is 4.57. The summed E-state index contributed by atoms with van der Waals surface area (Å²) in [5.41, 5.74) is 5.14. The summed E-state index contributed by atoms with van der Waals surface area (Å²) in [6.07, 6.45) is 0.214. The van der Waals surface area contributed by atoms with E-state index in [-0.39, 0.29) is 12.3 Å². The third-order valence-corrected chi connectivity index (χ3v) is 1.15. The number of nitrogens with zero attached hydrogens (tertiary/aromatic N) is 1. The molecule has 0 rings (SSSR count). The molecule has 0 saturated carbocycles. The minimum Gasteiger partial charge on any atom is -0.480 e. The Kier molecular flexibility index (Phi) is 3.44. The zero-order valence-electron chi connectivity index (χ0n) is 5.74. The van der Waals surface area contributed by atoms with E-state index in [1.54, 1.807) is 6.92 Å². The lowest BCUT2D eigenvalue weighted by atomic mass is 10.0. The molecule has 4 nitrogen and oxygen atoms in total. The fraction of sp³-hybridized carbons (Fsp3) is 0.667. The molecular weight excluding hydrogens is 132 g/mol. The average Bonchev–Trinajstić information content (AvgIpc) is 1.87. The summed E-state index contributed by atoms with van der Waals surface area (Å²) in [4.78, 5) is 10.1. The number of carboxylic acids is 1. The molecule has 0 bridgehead atoms. The van der Waals surface area contributed by atoms with Crippen LogP contribution >= 0.6 is 0 Å². The van der Waals surface area contributed by atoms with Crippen LogP contribution in [-0.4, -0.2) is 17.1 Å². The highest BCUT2D eigenvalue weighted by Gasteiger charge is 2.14. The van der Waals surface area contributed by atoms with E-state index < -0.39 is 12.0 Å². The van der Waals surface area contributed by atoms with Crippen molar-refractivity contribution in [2.45, 2.75) is 19.4 Å². The summed E-state index contributed by atoms with van der Waals surface area (Å²) in [5, 5.41) is 16.6. The Morgan fingerprint density at radius 2 is 2.40 bits per heavy atom. The van der Waals surface area contributed by atoms with E-state index in [1.807, 2.05) is 6.07 Å². The van der Waals surface area contributed by atoms with E-state index >= 15 is 0 Å². The number of hydrogen-bond donors (Lipinski definition) is 2. The summed E-state index contributed by atoms with van der Waals surface area (Å²) in [6, 6.07) is 1.000. The van der Waals surface area contributed by atoms with Crippen LogP contribution in [0.4, 0.5) is 0 Å². The maximum absolute atomic E-state index is 10.1. The molecule has 0 amide bonds. The zero-order chi connectivity index (χ0) is 8.15. The van der Waals surface area contributed by atoms with Crippen LogP contribution in [0.2, 0.25) is 0 Å². The molecule has 2 atom stereocenters. The lowest BCUT2D eigenvalue weighted by Crippen LogP contribution is -2.31. The lowest BCUT2D eigenvalue weighted by Gasteiger charge is -2.05. The van der Waals surface area contributed by atoms with Gasteiger partial charge in [-0.25, -0.2) is 0 Å². The Bertz CT molecular complexity index is 162. The quantitative estimate of drug-likeness (QED) is 0.578. The molecule has 56 valence electrons. The van der Waals surface area contributed by atoms with Crippen molar-refractivity contribution >= 4 is 5.97 Å². The predicted octanol–water partition coefficient (Wildman–Crippen LogP) is -0.0519. The Labute approximate surface area is 59.3 Å². The molecule has 0 unspecified atom stereocenters. The van der Waals surface area contributed by atoms with Gasteiger partial charge in [-0.15, -0.1) is 0 Å². The first-order valence-corrected chi connectivity index (χ1v) is 2.96. The minimum absolute atomic E-state index is 0.214. The van der Waals surface area contributed by atoms with Crippen molar-refractivity contribution in [3.63, 3.8) is 0 Å². The van der Waals surface area contributed by atoms with Gasteiger partial charge in [-0.2, -0.15) is 5.26 Å². The molecule has 3 N–H and O–H groups in total. The Hall–Kier alpha value is -1.08. The number of hydrogen-bond acceptors (Lipinski definition) is 3. The van der Waals surface area contributed by atoms with E-state index in [2.05, 4.69) is 0 Å². The van der Waals surface area contributed by atoms with Crippen LogP contribution in [0.5, 0.6) is 0 Å².